The van der Waals surface area contributed by atoms with E-state index in [1.807, 2.05) is 18.4 Å². The van der Waals surface area contributed by atoms with E-state index in [0.29, 0.717) is 27.0 Å². The van der Waals surface area contributed by atoms with Crippen LogP contribution in [-0.2, 0) is 4.79 Å². The fourth-order valence-corrected chi connectivity index (χ4v) is 3.32. The van der Waals surface area contributed by atoms with Crippen LogP contribution in [0.3, 0.4) is 0 Å². The van der Waals surface area contributed by atoms with E-state index < -0.39 is 6.10 Å². The molecule has 0 fully saturated rings. The van der Waals surface area contributed by atoms with Gasteiger partial charge < -0.3 is 15.4 Å². The van der Waals surface area contributed by atoms with Crippen molar-refractivity contribution >= 4 is 46.1 Å². The Morgan fingerprint density at radius 1 is 1.04 bits per heavy atom. The second kappa shape index (κ2) is 8.91. The molecule has 2 aromatic carbocycles. The van der Waals surface area contributed by atoms with Gasteiger partial charge in [-0.3, -0.25) is 9.59 Å². The van der Waals surface area contributed by atoms with E-state index >= 15 is 0 Å². The Kier molecular flexibility index (Phi) is 6.34. The van der Waals surface area contributed by atoms with E-state index in [0.717, 1.165) is 5.56 Å². The number of hydrogen-bond donors (Lipinski definition) is 2. The van der Waals surface area contributed by atoms with Crippen LogP contribution in [0.15, 0.2) is 60.0 Å². The predicted molar refractivity (Wildman–Crippen MR) is 114 cm³/mol. The number of carbonyl (C=O) groups excluding carboxylic acids is 2. The number of halogens is 1. The van der Waals surface area contributed by atoms with Gasteiger partial charge in [0, 0.05) is 16.4 Å². The number of carbonyl (C=O) groups is 2. The Bertz CT molecular complexity index is 972. The number of rotatable bonds is 6. The standard InChI is InChI=1S/C21H19ClN2O3S/c1-13-12-15(22)5-10-18(13)27-14(2)20(25)23-16-6-8-17(9-7-16)24-21(26)19-4-3-11-28-19/h3-12,14H,1-2H3,(H,23,25)(H,24,26). The van der Waals surface area contributed by atoms with Crippen LogP contribution < -0.4 is 15.4 Å². The van der Waals surface area contributed by atoms with Crippen molar-refractivity contribution < 1.29 is 14.3 Å². The molecule has 0 aliphatic carbocycles. The van der Waals surface area contributed by atoms with Crippen molar-refractivity contribution in [1.82, 2.24) is 0 Å². The molecule has 3 aromatic rings. The first-order valence-corrected chi connectivity index (χ1v) is 9.87. The van der Waals surface area contributed by atoms with Gasteiger partial charge in [0.05, 0.1) is 4.88 Å². The van der Waals surface area contributed by atoms with Crippen LogP contribution in [-0.4, -0.2) is 17.9 Å². The molecule has 144 valence electrons. The molecule has 0 aliphatic rings. The maximum Gasteiger partial charge on any atom is 0.265 e. The summed E-state index contributed by atoms with van der Waals surface area (Å²) in [5, 5.41) is 8.08. The number of ether oxygens (including phenoxy) is 1. The SMILES string of the molecule is Cc1cc(Cl)ccc1OC(C)C(=O)Nc1ccc(NC(=O)c2cccs2)cc1. The van der Waals surface area contributed by atoms with Gasteiger partial charge in [-0.1, -0.05) is 17.7 Å². The van der Waals surface area contributed by atoms with Gasteiger partial charge >= 0.3 is 0 Å². The van der Waals surface area contributed by atoms with E-state index in [9.17, 15) is 9.59 Å². The summed E-state index contributed by atoms with van der Waals surface area (Å²) in [6.45, 7) is 3.55. The number of nitrogens with one attached hydrogen (secondary N) is 2. The summed E-state index contributed by atoms with van der Waals surface area (Å²) in [5.41, 5.74) is 2.12. The third-order valence-corrected chi connectivity index (χ3v) is 5.07. The molecule has 7 heteroatoms. The summed E-state index contributed by atoms with van der Waals surface area (Å²) in [5.74, 6) is 0.176. The summed E-state index contributed by atoms with van der Waals surface area (Å²) >= 11 is 7.31. The summed E-state index contributed by atoms with van der Waals surface area (Å²) < 4.78 is 5.73. The third-order valence-electron chi connectivity index (χ3n) is 3.97. The maximum atomic E-state index is 12.4. The minimum Gasteiger partial charge on any atom is -0.481 e. The number of amides is 2. The quantitative estimate of drug-likeness (QED) is 0.569. The number of anilines is 2. The molecule has 2 N–H and O–H groups in total. The summed E-state index contributed by atoms with van der Waals surface area (Å²) in [4.78, 5) is 25.1. The highest BCUT2D eigenvalue weighted by molar-refractivity contribution is 7.12. The van der Waals surface area contributed by atoms with E-state index in [1.165, 1.54) is 11.3 Å². The summed E-state index contributed by atoms with van der Waals surface area (Å²) in [6, 6.07) is 15.7. The van der Waals surface area contributed by atoms with Gasteiger partial charge in [-0.2, -0.15) is 0 Å². The van der Waals surface area contributed by atoms with Crippen molar-refractivity contribution in [3.05, 3.63) is 75.4 Å². The van der Waals surface area contributed by atoms with Crippen LogP contribution in [0, 0.1) is 6.92 Å². The highest BCUT2D eigenvalue weighted by Gasteiger charge is 2.16. The zero-order valence-electron chi connectivity index (χ0n) is 15.4. The minimum atomic E-state index is -0.682. The Morgan fingerprint density at radius 3 is 2.32 bits per heavy atom. The molecule has 5 nitrogen and oxygen atoms in total. The molecule has 0 saturated heterocycles. The lowest BCUT2D eigenvalue weighted by Crippen LogP contribution is -2.30. The minimum absolute atomic E-state index is 0.160. The van der Waals surface area contributed by atoms with E-state index in [1.54, 1.807) is 55.5 Å². The first-order chi connectivity index (χ1) is 13.4. The molecular formula is C21H19ClN2O3S. The van der Waals surface area contributed by atoms with Gasteiger partial charge in [-0.05, 0) is 73.3 Å². The fourth-order valence-electron chi connectivity index (χ4n) is 2.47. The molecule has 1 atom stereocenters. The van der Waals surface area contributed by atoms with Crippen molar-refractivity contribution in [2.24, 2.45) is 0 Å². The second-order valence-corrected chi connectivity index (χ2v) is 7.55. The molecule has 0 radical (unpaired) electrons. The first-order valence-electron chi connectivity index (χ1n) is 8.61. The second-order valence-electron chi connectivity index (χ2n) is 6.17. The van der Waals surface area contributed by atoms with Gasteiger partial charge in [0.1, 0.15) is 5.75 Å². The lowest BCUT2D eigenvalue weighted by Gasteiger charge is -2.16. The lowest BCUT2D eigenvalue weighted by atomic mass is 10.2. The third kappa shape index (κ3) is 5.12. The number of hydrogen-bond acceptors (Lipinski definition) is 4. The number of benzene rings is 2. The molecule has 1 unspecified atom stereocenters. The largest absolute Gasteiger partial charge is 0.481 e. The molecule has 0 spiro atoms. The summed E-state index contributed by atoms with van der Waals surface area (Å²) in [7, 11) is 0. The molecule has 1 heterocycles. The van der Waals surface area contributed by atoms with Crippen molar-refractivity contribution in [3.63, 3.8) is 0 Å². The van der Waals surface area contributed by atoms with Gasteiger partial charge in [-0.25, -0.2) is 0 Å². The normalized spacial score (nSPS) is 11.5. The molecular weight excluding hydrogens is 396 g/mol. The zero-order valence-corrected chi connectivity index (χ0v) is 16.9. The monoisotopic (exact) mass is 414 g/mol. The van der Waals surface area contributed by atoms with Crippen LogP contribution >= 0.6 is 22.9 Å². The van der Waals surface area contributed by atoms with Crippen molar-refractivity contribution in [3.8, 4) is 5.75 Å². The summed E-state index contributed by atoms with van der Waals surface area (Å²) in [6.07, 6.45) is -0.682. The Balaban J connectivity index is 1.57. The van der Waals surface area contributed by atoms with Gasteiger partial charge in [0.15, 0.2) is 6.10 Å². The van der Waals surface area contributed by atoms with Gasteiger partial charge in [0.25, 0.3) is 11.8 Å². The van der Waals surface area contributed by atoms with Crippen LogP contribution in [0.25, 0.3) is 0 Å². The Hall–Kier alpha value is -2.83. The predicted octanol–water partition coefficient (Wildman–Crippen LogP) is 5.37. The zero-order chi connectivity index (χ0) is 20.1. The number of thiophene rings is 1. The molecule has 0 aliphatic heterocycles. The van der Waals surface area contributed by atoms with Gasteiger partial charge in [-0.15, -0.1) is 11.3 Å². The highest BCUT2D eigenvalue weighted by atomic mass is 35.5. The van der Waals surface area contributed by atoms with Crippen molar-refractivity contribution in [2.75, 3.05) is 10.6 Å². The number of aryl methyl sites for hydroxylation is 1. The van der Waals surface area contributed by atoms with E-state index in [2.05, 4.69) is 10.6 Å². The van der Waals surface area contributed by atoms with E-state index in [4.69, 9.17) is 16.3 Å². The average Bonchev–Trinajstić information content (AvgIpc) is 3.20. The fraction of sp³-hybridized carbons (Fsp3) is 0.143. The van der Waals surface area contributed by atoms with Crippen molar-refractivity contribution in [1.29, 1.82) is 0 Å². The maximum absolute atomic E-state index is 12.4. The first kappa shape index (κ1) is 19.9. The topological polar surface area (TPSA) is 67.4 Å². The van der Waals surface area contributed by atoms with Crippen LogP contribution in [0.4, 0.5) is 11.4 Å². The molecule has 3 rings (SSSR count). The molecule has 1 aromatic heterocycles. The molecule has 0 bridgehead atoms. The molecule has 28 heavy (non-hydrogen) atoms. The average molecular weight is 415 g/mol. The van der Waals surface area contributed by atoms with Crippen molar-refractivity contribution in [2.45, 2.75) is 20.0 Å². The molecule has 0 saturated carbocycles. The Labute approximate surface area is 172 Å². The highest BCUT2D eigenvalue weighted by Crippen LogP contribution is 2.23. The van der Waals surface area contributed by atoms with Gasteiger partial charge in [0.2, 0.25) is 0 Å². The molecule has 2 amide bonds. The van der Waals surface area contributed by atoms with E-state index in [-0.39, 0.29) is 11.8 Å². The van der Waals surface area contributed by atoms with Crippen LogP contribution in [0.5, 0.6) is 5.75 Å². The Morgan fingerprint density at radius 2 is 1.71 bits per heavy atom. The van der Waals surface area contributed by atoms with Crippen LogP contribution in [0.1, 0.15) is 22.2 Å². The smallest absolute Gasteiger partial charge is 0.265 e. The lowest BCUT2D eigenvalue weighted by molar-refractivity contribution is -0.122. The van der Waals surface area contributed by atoms with Crippen LogP contribution in [0.2, 0.25) is 5.02 Å².